The van der Waals surface area contributed by atoms with Crippen molar-refractivity contribution in [3.63, 3.8) is 0 Å². The van der Waals surface area contributed by atoms with Gasteiger partial charge in [-0.2, -0.15) is 22.0 Å². The summed E-state index contributed by atoms with van der Waals surface area (Å²) in [6.07, 6.45) is 0. The second-order valence-corrected chi connectivity index (χ2v) is 7.09. The van der Waals surface area contributed by atoms with E-state index in [1.807, 2.05) is 0 Å². The Hall–Kier alpha value is -0.450. The molecule has 0 saturated heterocycles. The van der Waals surface area contributed by atoms with Crippen LogP contribution >= 0.6 is 0 Å². The van der Waals surface area contributed by atoms with Crippen molar-refractivity contribution in [3.05, 3.63) is 0 Å². The van der Waals surface area contributed by atoms with Crippen molar-refractivity contribution in [1.29, 1.82) is 0 Å². The van der Waals surface area contributed by atoms with E-state index in [4.69, 9.17) is 0 Å². The molecule has 0 amide bonds. The predicted octanol–water partition coefficient (Wildman–Crippen LogP) is 1.58. The Labute approximate surface area is 95.6 Å². The average molecular weight is 306 g/mol. The van der Waals surface area contributed by atoms with Crippen LogP contribution in [0, 0.1) is 0 Å². The summed E-state index contributed by atoms with van der Waals surface area (Å²) in [5.41, 5.74) is -5.08. The van der Waals surface area contributed by atoms with Crippen LogP contribution in [0.2, 0.25) is 0 Å². The number of alkyl halides is 5. The van der Waals surface area contributed by atoms with Gasteiger partial charge in [-0.05, 0) is 0 Å². The van der Waals surface area contributed by atoms with Gasteiger partial charge in [0.2, 0.25) is 19.7 Å². The van der Waals surface area contributed by atoms with Crippen LogP contribution in [0.1, 0.15) is 13.8 Å². The molecule has 0 fully saturated rings. The standard InChI is InChI=1S/C3H5F3O2S.C3H6F2O2S/c1-2-9(7,8)3(4,5)6;1-2-8(6,7)3(4)5/h2H2,1H3;3H,2H2,1H3. The second kappa shape index (κ2) is 6.47. The molecule has 0 bridgehead atoms. The highest BCUT2D eigenvalue weighted by molar-refractivity contribution is 7.92. The molecule has 4 nitrogen and oxygen atoms in total. The molecular formula is C6H11F5O4S2. The minimum Gasteiger partial charge on any atom is -0.223 e. The van der Waals surface area contributed by atoms with Gasteiger partial charge in [-0.1, -0.05) is 13.8 Å². The van der Waals surface area contributed by atoms with Crippen LogP contribution in [0.5, 0.6) is 0 Å². The van der Waals surface area contributed by atoms with Gasteiger partial charge in [0.05, 0.1) is 11.5 Å². The second-order valence-electron chi connectivity index (χ2n) is 2.56. The van der Waals surface area contributed by atoms with Crippen molar-refractivity contribution >= 4 is 19.7 Å². The SMILES string of the molecule is CCS(=O)(=O)C(F)(F)F.CCS(=O)(=O)C(F)F. The number of halogens is 5. The molecule has 0 heterocycles. The highest BCUT2D eigenvalue weighted by atomic mass is 32.2. The molecule has 0 aromatic heterocycles. The molecule has 106 valence electrons. The molecule has 0 N–H and O–H groups in total. The molecular weight excluding hydrogens is 295 g/mol. The Kier molecular flexibility index (Phi) is 7.20. The Morgan fingerprint density at radius 3 is 1.29 bits per heavy atom. The van der Waals surface area contributed by atoms with Crippen molar-refractivity contribution in [2.24, 2.45) is 0 Å². The van der Waals surface area contributed by atoms with Crippen LogP contribution < -0.4 is 0 Å². The van der Waals surface area contributed by atoms with E-state index in [1.54, 1.807) is 0 Å². The monoisotopic (exact) mass is 306 g/mol. The minimum atomic E-state index is -5.08. The lowest BCUT2D eigenvalue weighted by atomic mass is 11.0. The van der Waals surface area contributed by atoms with E-state index in [9.17, 15) is 38.8 Å². The van der Waals surface area contributed by atoms with Gasteiger partial charge in [-0.25, -0.2) is 16.8 Å². The van der Waals surface area contributed by atoms with Gasteiger partial charge < -0.3 is 0 Å². The number of hydrogen-bond acceptors (Lipinski definition) is 4. The number of hydrogen-bond donors (Lipinski definition) is 0. The summed E-state index contributed by atoms with van der Waals surface area (Å²) in [4.78, 5) is 0. The summed E-state index contributed by atoms with van der Waals surface area (Å²) in [5, 5.41) is 0. The van der Waals surface area contributed by atoms with E-state index in [0.29, 0.717) is 0 Å². The molecule has 17 heavy (non-hydrogen) atoms. The first-order chi connectivity index (χ1) is 7.31. The summed E-state index contributed by atoms with van der Waals surface area (Å²) in [6.45, 7) is 2.13. The molecule has 0 atom stereocenters. The van der Waals surface area contributed by atoms with E-state index in [2.05, 4.69) is 0 Å². The summed E-state index contributed by atoms with van der Waals surface area (Å²) in [5.74, 6) is -4.60. The highest BCUT2D eigenvalue weighted by Gasteiger charge is 2.43. The maximum Gasteiger partial charge on any atom is 0.497 e. The fourth-order valence-electron chi connectivity index (χ4n) is 0.290. The zero-order chi connectivity index (χ0) is 14.5. The zero-order valence-electron chi connectivity index (χ0n) is 8.83. The van der Waals surface area contributed by atoms with E-state index in [1.165, 1.54) is 6.92 Å². The molecule has 0 radical (unpaired) electrons. The van der Waals surface area contributed by atoms with Gasteiger partial charge in [0.1, 0.15) is 0 Å². The van der Waals surface area contributed by atoms with Gasteiger partial charge in [0.15, 0.2) is 0 Å². The third-order valence-corrected chi connectivity index (χ3v) is 4.22. The minimum absolute atomic E-state index is 0.495. The van der Waals surface area contributed by atoms with Gasteiger partial charge in [0, 0.05) is 0 Å². The summed E-state index contributed by atoms with van der Waals surface area (Å²) in [6, 6.07) is 0. The first kappa shape index (κ1) is 18.9. The van der Waals surface area contributed by atoms with Gasteiger partial charge in [0.25, 0.3) is 0 Å². The first-order valence-electron chi connectivity index (χ1n) is 4.10. The Bertz CT molecular complexity index is 408. The largest absolute Gasteiger partial charge is 0.497 e. The maximum atomic E-state index is 11.2. The van der Waals surface area contributed by atoms with Crippen molar-refractivity contribution in [3.8, 4) is 0 Å². The fraction of sp³-hybridized carbons (Fsp3) is 1.00. The van der Waals surface area contributed by atoms with Crippen LogP contribution in [-0.4, -0.2) is 39.6 Å². The molecule has 0 aliphatic rings. The molecule has 0 aromatic carbocycles. The lowest BCUT2D eigenvalue weighted by molar-refractivity contribution is -0.0434. The van der Waals surface area contributed by atoms with E-state index < -0.39 is 42.4 Å². The molecule has 0 saturated carbocycles. The van der Waals surface area contributed by atoms with Gasteiger partial charge in [-0.3, -0.25) is 0 Å². The summed E-state index contributed by atoms with van der Waals surface area (Å²) in [7, 11) is -8.91. The topological polar surface area (TPSA) is 68.3 Å². The predicted molar refractivity (Wildman–Crippen MR) is 51.0 cm³/mol. The third-order valence-electron chi connectivity index (χ3n) is 1.41. The van der Waals surface area contributed by atoms with Crippen LogP contribution in [0.4, 0.5) is 22.0 Å². The third kappa shape index (κ3) is 6.76. The lowest BCUT2D eigenvalue weighted by Crippen LogP contribution is -2.24. The summed E-state index contributed by atoms with van der Waals surface area (Å²) < 4.78 is 95.9. The van der Waals surface area contributed by atoms with Crippen LogP contribution in [0.15, 0.2) is 0 Å². The molecule has 0 aliphatic heterocycles. The quantitative estimate of drug-likeness (QED) is 0.743. The van der Waals surface area contributed by atoms with Crippen LogP contribution in [-0.2, 0) is 19.7 Å². The molecule has 0 rings (SSSR count). The Balaban J connectivity index is 0. The molecule has 0 aliphatic carbocycles. The van der Waals surface area contributed by atoms with Gasteiger partial charge in [-0.15, -0.1) is 0 Å². The van der Waals surface area contributed by atoms with Crippen molar-refractivity contribution in [1.82, 2.24) is 0 Å². The molecule has 11 heteroatoms. The normalized spacial score (nSPS) is 13.2. The molecule has 0 spiro atoms. The Morgan fingerprint density at radius 1 is 0.941 bits per heavy atom. The average Bonchev–Trinajstić information content (AvgIpc) is 2.16. The number of sulfone groups is 2. The highest BCUT2D eigenvalue weighted by Crippen LogP contribution is 2.22. The van der Waals surface area contributed by atoms with Crippen LogP contribution in [0.3, 0.4) is 0 Å². The van der Waals surface area contributed by atoms with Crippen molar-refractivity contribution in [2.45, 2.75) is 25.1 Å². The van der Waals surface area contributed by atoms with E-state index in [-0.39, 0.29) is 0 Å². The van der Waals surface area contributed by atoms with Crippen molar-refractivity contribution in [2.75, 3.05) is 11.5 Å². The van der Waals surface area contributed by atoms with Crippen LogP contribution in [0.25, 0.3) is 0 Å². The first-order valence-corrected chi connectivity index (χ1v) is 7.47. The zero-order valence-corrected chi connectivity index (χ0v) is 10.5. The lowest BCUT2D eigenvalue weighted by Gasteiger charge is -2.03. The maximum absolute atomic E-state index is 11.2. The van der Waals surface area contributed by atoms with Crippen molar-refractivity contribution < 1.29 is 38.8 Å². The fourth-order valence-corrected chi connectivity index (χ4v) is 0.869. The number of rotatable bonds is 3. The summed E-state index contributed by atoms with van der Waals surface area (Å²) >= 11 is 0. The smallest absolute Gasteiger partial charge is 0.223 e. The molecule has 0 aromatic rings. The van der Waals surface area contributed by atoms with Gasteiger partial charge >= 0.3 is 11.3 Å². The Morgan fingerprint density at radius 2 is 1.29 bits per heavy atom. The molecule has 0 unspecified atom stereocenters. The van der Waals surface area contributed by atoms with E-state index >= 15 is 0 Å². The van der Waals surface area contributed by atoms with E-state index in [0.717, 1.165) is 6.92 Å².